The highest BCUT2D eigenvalue weighted by atomic mass is 35.5. The van der Waals surface area contributed by atoms with Crippen LogP contribution in [0, 0.1) is 6.92 Å². The molecule has 0 unspecified atom stereocenters. The number of halogens is 4. The summed E-state index contributed by atoms with van der Waals surface area (Å²) in [5.74, 6) is -0.791. The molecule has 2 N–H and O–H groups in total. The summed E-state index contributed by atoms with van der Waals surface area (Å²) in [6, 6.07) is 9.24. The van der Waals surface area contributed by atoms with Gasteiger partial charge in [0.05, 0.1) is 39.4 Å². The van der Waals surface area contributed by atoms with Gasteiger partial charge in [0.25, 0.3) is 5.91 Å². The van der Waals surface area contributed by atoms with Crippen molar-refractivity contribution in [2.45, 2.75) is 20.0 Å². The van der Waals surface area contributed by atoms with Gasteiger partial charge in [-0.2, -0.15) is 18.3 Å². The average Bonchev–Trinajstić information content (AvgIpc) is 3.04. The van der Waals surface area contributed by atoms with Crippen LogP contribution >= 0.6 is 11.6 Å². The molecule has 0 aliphatic rings. The molecule has 0 bridgehead atoms. The molecule has 1 heterocycles. The highest BCUT2D eigenvalue weighted by Crippen LogP contribution is 2.31. The topological polar surface area (TPSA) is 76.0 Å². The summed E-state index contributed by atoms with van der Waals surface area (Å²) in [7, 11) is 0. The molecular formula is C20H16ClF3N4O2. The number of aromatic nitrogens is 2. The average molecular weight is 437 g/mol. The molecule has 1 aromatic heterocycles. The Morgan fingerprint density at radius 3 is 2.47 bits per heavy atom. The van der Waals surface area contributed by atoms with E-state index in [1.165, 1.54) is 42.1 Å². The molecule has 3 aromatic rings. The van der Waals surface area contributed by atoms with Crippen molar-refractivity contribution in [2.75, 3.05) is 10.6 Å². The van der Waals surface area contributed by atoms with Crippen molar-refractivity contribution >= 4 is 34.8 Å². The molecule has 0 saturated carbocycles. The van der Waals surface area contributed by atoms with Gasteiger partial charge in [0.1, 0.15) is 0 Å². The standard InChI is InChI=1S/C20H16ClF3N4O2/c1-11-16(10-25-28(11)15-5-3-4-13(8-15)20(22,23)24)19(30)27-18-7-6-14(9-17(18)21)26-12(2)29/h3-10H,1-2H3,(H,26,29)(H,27,30). The normalized spacial score (nSPS) is 11.3. The minimum Gasteiger partial charge on any atom is -0.326 e. The van der Waals surface area contributed by atoms with Gasteiger partial charge in [-0.1, -0.05) is 17.7 Å². The van der Waals surface area contributed by atoms with E-state index >= 15 is 0 Å². The van der Waals surface area contributed by atoms with Gasteiger partial charge in [-0.15, -0.1) is 0 Å². The number of carbonyl (C=O) groups is 2. The van der Waals surface area contributed by atoms with Crippen LogP contribution in [0.15, 0.2) is 48.7 Å². The predicted molar refractivity (Wildman–Crippen MR) is 107 cm³/mol. The van der Waals surface area contributed by atoms with Crippen molar-refractivity contribution in [1.82, 2.24) is 9.78 Å². The number of hydrogen-bond donors (Lipinski definition) is 2. The second-order valence-electron chi connectivity index (χ2n) is 6.43. The number of alkyl halides is 3. The molecule has 0 aliphatic heterocycles. The summed E-state index contributed by atoms with van der Waals surface area (Å²) in [4.78, 5) is 23.8. The summed E-state index contributed by atoms with van der Waals surface area (Å²) < 4.78 is 40.2. The first-order chi connectivity index (χ1) is 14.1. The Kier molecular flexibility index (Phi) is 5.84. The van der Waals surface area contributed by atoms with Crippen LogP contribution in [0.1, 0.15) is 28.5 Å². The summed E-state index contributed by atoms with van der Waals surface area (Å²) in [5.41, 5.74) is 0.680. The number of rotatable bonds is 4. The number of anilines is 2. The lowest BCUT2D eigenvalue weighted by atomic mass is 10.2. The summed E-state index contributed by atoms with van der Waals surface area (Å²) in [5, 5.41) is 9.46. The van der Waals surface area contributed by atoms with E-state index < -0.39 is 17.6 Å². The number of amides is 2. The van der Waals surface area contributed by atoms with Crippen LogP contribution in [-0.4, -0.2) is 21.6 Å². The number of benzene rings is 2. The summed E-state index contributed by atoms with van der Waals surface area (Å²) in [6.45, 7) is 2.93. The van der Waals surface area contributed by atoms with Crippen molar-refractivity contribution in [2.24, 2.45) is 0 Å². The summed E-state index contributed by atoms with van der Waals surface area (Å²) in [6.07, 6.45) is -3.22. The van der Waals surface area contributed by atoms with E-state index in [4.69, 9.17) is 11.6 Å². The third-order valence-corrected chi connectivity index (χ3v) is 4.52. The zero-order valence-electron chi connectivity index (χ0n) is 15.8. The molecular weight excluding hydrogens is 421 g/mol. The largest absolute Gasteiger partial charge is 0.416 e. The van der Waals surface area contributed by atoms with Crippen molar-refractivity contribution in [3.8, 4) is 5.69 Å². The second kappa shape index (κ2) is 8.19. The first-order valence-electron chi connectivity index (χ1n) is 8.67. The number of carbonyl (C=O) groups excluding carboxylic acids is 2. The fourth-order valence-corrected chi connectivity index (χ4v) is 3.02. The van der Waals surface area contributed by atoms with Crippen LogP contribution in [0.2, 0.25) is 5.02 Å². The quantitative estimate of drug-likeness (QED) is 0.600. The van der Waals surface area contributed by atoms with E-state index in [2.05, 4.69) is 15.7 Å². The number of hydrogen-bond acceptors (Lipinski definition) is 3. The van der Waals surface area contributed by atoms with Crippen LogP contribution in [0.4, 0.5) is 24.5 Å². The molecule has 156 valence electrons. The van der Waals surface area contributed by atoms with Gasteiger partial charge < -0.3 is 10.6 Å². The predicted octanol–water partition coefficient (Wildman–Crippen LogP) is 5.06. The maximum Gasteiger partial charge on any atom is 0.416 e. The molecule has 30 heavy (non-hydrogen) atoms. The Morgan fingerprint density at radius 1 is 1.10 bits per heavy atom. The lowest BCUT2D eigenvalue weighted by Crippen LogP contribution is -2.14. The van der Waals surface area contributed by atoms with Gasteiger partial charge >= 0.3 is 6.18 Å². The molecule has 10 heteroatoms. The van der Waals surface area contributed by atoms with Crippen molar-refractivity contribution < 1.29 is 22.8 Å². The van der Waals surface area contributed by atoms with Crippen LogP contribution in [0.5, 0.6) is 0 Å². The van der Waals surface area contributed by atoms with Gasteiger partial charge in [0.15, 0.2) is 0 Å². The molecule has 2 aromatic carbocycles. The van der Waals surface area contributed by atoms with Gasteiger partial charge in [-0.25, -0.2) is 4.68 Å². The zero-order chi connectivity index (χ0) is 22.1. The minimum atomic E-state index is -4.49. The fraction of sp³-hybridized carbons (Fsp3) is 0.150. The van der Waals surface area contributed by atoms with Crippen LogP contribution in [-0.2, 0) is 11.0 Å². The lowest BCUT2D eigenvalue weighted by molar-refractivity contribution is -0.137. The third-order valence-electron chi connectivity index (χ3n) is 4.21. The minimum absolute atomic E-state index is 0.175. The Hall–Kier alpha value is -3.33. The molecule has 2 amide bonds. The van der Waals surface area contributed by atoms with E-state index in [0.29, 0.717) is 17.1 Å². The van der Waals surface area contributed by atoms with Crippen LogP contribution in [0.3, 0.4) is 0 Å². The van der Waals surface area contributed by atoms with E-state index in [9.17, 15) is 22.8 Å². The Labute approximate surface area is 174 Å². The van der Waals surface area contributed by atoms with Crippen LogP contribution in [0.25, 0.3) is 5.69 Å². The molecule has 0 fully saturated rings. The SMILES string of the molecule is CC(=O)Nc1ccc(NC(=O)c2cnn(-c3cccc(C(F)(F)F)c3)c2C)c(Cl)c1. The van der Waals surface area contributed by atoms with E-state index in [-0.39, 0.29) is 22.2 Å². The van der Waals surface area contributed by atoms with Gasteiger partial charge in [-0.3, -0.25) is 9.59 Å². The second-order valence-corrected chi connectivity index (χ2v) is 6.84. The highest BCUT2D eigenvalue weighted by molar-refractivity contribution is 6.34. The first kappa shape index (κ1) is 21.4. The molecule has 3 rings (SSSR count). The highest BCUT2D eigenvalue weighted by Gasteiger charge is 2.30. The van der Waals surface area contributed by atoms with Crippen LogP contribution < -0.4 is 10.6 Å². The van der Waals surface area contributed by atoms with E-state index in [1.54, 1.807) is 13.0 Å². The fourth-order valence-electron chi connectivity index (χ4n) is 2.79. The van der Waals surface area contributed by atoms with Gasteiger partial charge in [0, 0.05) is 12.6 Å². The Morgan fingerprint density at radius 2 is 1.83 bits per heavy atom. The zero-order valence-corrected chi connectivity index (χ0v) is 16.6. The smallest absolute Gasteiger partial charge is 0.326 e. The van der Waals surface area contributed by atoms with Gasteiger partial charge in [-0.05, 0) is 43.3 Å². The lowest BCUT2D eigenvalue weighted by Gasteiger charge is -2.11. The van der Waals surface area contributed by atoms with Crippen molar-refractivity contribution in [1.29, 1.82) is 0 Å². The Balaban J connectivity index is 1.84. The molecule has 0 atom stereocenters. The first-order valence-corrected chi connectivity index (χ1v) is 9.05. The van der Waals surface area contributed by atoms with Crippen molar-refractivity contribution in [3.63, 3.8) is 0 Å². The maximum absolute atomic E-state index is 13.0. The molecule has 0 radical (unpaired) electrons. The molecule has 0 spiro atoms. The third kappa shape index (κ3) is 4.62. The molecule has 6 nitrogen and oxygen atoms in total. The number of nitrogens with zero attached hydrogens (tertiary/aromatic N) is 2. The van der Waals surface area contributed by atoms with Crippen molar-refractivity contribution in [3.05, 3.63) is 70.5 Å². The van der Waals surface area contributed by atoms with E-state index in [0.717, 1.165) is 12.1 Å². The maximum atomic E-state index is 13.0. The molecule has 0 saturated heterocycles. The summed E-state index contributed by atoms with van der Waals surface area (Å²) >= 11 is 6.15. The Bertz CT molecular complexity index is 1130. The molecule has 0 aliphatic carbocycles. The van der Waals surface area contributed by atoms with E-state index in [1.807, 2.05) is 0 Å². The monoisotopic (exact) mass is 436 g/mol. The number of nitrogens with one attached hydrogen (secondary N) is 2. The van der Waals surface area contributed by atoms with Gasteiger partial charge in [0.2, 0.25) is 5.91 Å².